The molecule has 2 aromatic carbocycles. The maximum Gasteiger partial charge on any atom is 0.253 e. The van der Waals surface area contributed by atoms with Crippen molar-refractivity contribution in [2.24, 2.45) is 5.92 Å². The maximum atomic E-state index is 12.4. The van der Waals surface area contributed by atoms with E-state index in [1.54, 1.807) is 35.4 Å². The molecule has 30 heavy (non-hydrogen) atoms. The van der Waals surface area contributed by atoms with Gasteiger partial charge in [0.2, 0.25) is 11.8 Å². The van der Waals surface area contributed by atoms with Gasteiger partial charge in [-0.25, -0.2) is 0 Å². The number of H-pyrrole nitrogens is 1. The predicted octanol–water partition coefficient (Wildman–Crippen LogP) is 2.72. The molecule has 0 unspecified atom stereocenters. The number of hydrogen-bond acceptors (Lipinski definition) is 3. The van der Waals surface area contributed by atoms with Gasteiger partial charge in [-0.1, -0.05) is 35.9 Å². The Labute approximate surface area is 178 Å². The molecule has 8 heteroatoms. The summed E-state index contributed by atoms with van der Waals surface area (Å²) < 4.78 is 0. The number of benzene rings is 2. The van der Waals surface area contributed by atoms with Crippen molar-refractivity contribution >= 4 is 45.9 Å². The number of aromatic amines is 1. The fraction of sp³-hybridized carbons (Fsp3) is 0.227. The highest BCUT2D eigenvalue weighted by Gasteiger charge is 2.35. The third kappa shape index (κ3) is 4.16. The van der Waals surface area contributed by atoms with E-state index in [2.05, 4.69) is 15.6 Å². The van der Waals surface area contributed by atoms with Gasteiger partial charge in [-0.3, -0.25) is 14.4 Å². The Kier molecular flexibility index (Phi) is 5.72. The van der Waals surface area contributed by atoms with Gasteiger partial charge in [-0.05, 0) is 24.3 Å². The van der Waals surface area contributed by atoms with Gasteiger partial charge in [0.25, 0.3) is 5.91 Å². The van der Waals surface area contributed by atoms with Gasteiger partial charge < -0.3 is 20.5 Å². The first-order valence-electron chi connectivity index (χ1n) is 9.71. The van der Waals surface area contributed by atoms with Crippen molar-refractivity contribution in [3.63, 3.8) is 0 Å². The minimum atomic E-state index is -0.430. The molecule has 1 aliphatic rings. The van der Waals surface area contributed by atoms with Gasteiger partial charge in [0.05, 0.1) is 11.5 Å². The summed E-state index contributed by atoms with van der Waals surface area (Å²) in [5, 5.41) is 7.00. The van der Waals surface area contributed by atoms with Crippen LogP contribution in [0.3, 0.4) is 0 Å². The first-order valence-corrected chi connectivity index (χ1v) is 10.1. The van der Waals surface area contributed by atoms with E-state index in [0.29, 0.717) is 29.4 Å². The third-order valence-corrected chi connectivity index (χ3v) is 5.39. The van der Waals surface area contributed by atoms with Crippen molar-refractivity contribution in [3.8, 4) is 0 Å². The largest absolute Gasteiger partial charge is 0.360 e. The van der Waals surface area contributed by atoms with Crippen LogP contribution in [0.15, 0.2) is 54.7 Å². The Bertz CT molecular complexity index is 1110. The van der Waals surface area contributed by atoms with E-state index in [9.17, 15) is 14.4 Å². The molecular weight excluding hydrogens is 404 g/mol. The van der Waals surface area contributed by atoms with Crippen LogP contribution in [0.4, 0.5) is 5.69 Å². The van der Waals surface area contributed by atoms with Gasteiger partial charge in [0.15, 0.2) is 0 Å². The van der Waals surface area contributed by atoms with Crippen LogP contribution in [0, 0.1) is 5.92 Å². The SMILES string of the molecule is O=C(NCCNC(=O)[C@H]1CC(=O)N(c2cccc(Cl)c2)C1)c1c[nH]c2ccccc12. The van der Waals surface area contributed by atoms with Crippen molar-refractivity contribution in [1.29, 1.82) is 0 Å². The fourth-order valence-electron chi connectivity index (χ4n) is 3.64. The lowest BCUT2D eigenvalue weighted by Gasteiger charge is -2.17. The van der Waals surface area contributed by atoms with Crippen molar-refractivity contribution in [3.05, 3.63) is 65.3 Å². The van der Waals surface area contributed by atoms with Crippen LogP contribution in [0.1, 0.15) is 16.8 Å². The normalized spacial score (nSPS) is 16.1. The molecule has 4 rings (SSSR count). The van der Waals surface area contributed by atoms with Crippen LogP contribution in [0.25, 0.3) is 10.9 Å². The molecule has 0 saturated carbocycles. The fourth-order valence-corrected chi connectivity index (χ4v) is 3.82. The Morgan fingerprint density at radius 2 is 1.90 bits per heavy atom. The summed E-state index contributed by atoms with van der Waals surface area (Å²) in [7, 11) is 0. The molecule has 0 radical (unpaired) electrons. The second kappa shape index (κ2) is 8.59. The second-order valence-electron chi connectivity index (χ2n) is 7.18. The molecule has 1 aromatic heterocycles. The van der Waals surface area contributed by atoms with Gasteiger partial charge in [-0.2, -0.15) is 0 Å². The molecule has 7 nitrogen and oxygen atoms in total. The van der Waals surface area contributed by atoms with Crippen molar-refractivity contribution in [2.75, 3.05) is 24.5 Å². The molecule has 3 aromatic rings. The number of carbonyl (C=O) groups is 3. The molecule has 0 aliphatic carbocycles. The number of anilines is 1. The summed E-state index contributed by atoms with van der Waals surface area (Å²) in [4.78, 5) is 41.8. The molecule has 3 N–H and O–H groups in total. The number of nitrogens with one attached hydrogen (secondary N) is 3. The van der Waals surface area contributed by atoms with Crippen molar-refractivity contribution < 1.29 is 14.4 Å². The summed E-state index contributed by atoms with van der Waals surface area (Å²) in [6.45, 7) is 0.893. The summed E-state index contributed by atoms with van der Waals surface area (Å²) in [6, 6.07) is 14.6. The zero-order valence-electron chi connectivity index (χ0n) is 16.2. The number of para-hydroxylation sites is 1. The molecule has 1 saturated heterocycles. The van der Waals surface area contributed by atoms with E-state index >= 15 is 0 Å². The number of aromatic nitrogens is 1. The first-order chi connectivity index (χ1) is 14.5. The van der Waals surface area contributed by atoms with Gasteiger partial charge >= 0.3 is 0 Å². The molecule has 1 aliphatic heterocycles. The van der Waals surface area contributed by atoms with Crippen molar-refractivity contribution in [2.45, 2.75) is 6.42 Å². The standard InChI is InChI=1S/C22H21ClN4O3/c23-15-4-3-5-16(11-15)27-13-14(10-20(27)28)21(29)24-8-9-25-22(30)18-12-26-19-7-2-1-6-17(18)19/h1-7,11-12,14,26H,8-10,13H2,(H,24,29)(H,25,30)/t14-/m0/s1. The van der Waals surface area contributed by atoms with Crippen LogP contribution in [-0.2, 0) is 9.59 Å². The second-order valence-corrected chi connectivity index (χ2v) is 7.62. The summed E-state index contributed by atoms with van der Waals surface area (Å²) >= 11 is 6.00. The van der Waals surface area contributed by atoms with E-state index in [-0.39, 0.29) is 30.7 Å². The van der Waals surface area contributed by atoms with Gasteiger partial charge in [0, 0.05) is 53.9 Å². The summed E-state index contributed by atoms with van der Waals surface area (Å²) in [5.41, 5.74) is 2.15. The number of carbonyl (C=O) groups excluding carboxylic acids is 3. The maximum absolute atomic E-state index is 12.4. The minimum Gasteiger partial charge on any atom is -0.360 e. The Balaban J connectivity index is 1.26. The molecule has 0 bridgehead atoms. The lowest BCUT2D eigenvalue weighted by atomic mass is 10.1. The topological polar surface area (TPSA) is 94.3 Å². The first kappa shape index (κ1) is 20.0. The molecule has 3 amide bonds. The Morgan fingerprint density at radius 1 is 1.10 bits per heavy atom. The summed E-state index contributed by atoms with van der Waals surface area (Å²) in [5.74, 6) is -0.940. The predicted molar refractivity (Wildman–Crippen MR) is 116 cm³/mol. The highest BCUT2D eigenvalue weighted by molar-refractivity contribution is 6.31. The van der Waals surface area contributed by atoms with E-state index in [1.807, 2.05) is 24.3 Å². The van der Waals surface area contributed by atoms with E-state index in [4.69, 9.17) is 11.6 Å². The van der Waals surface area contributed by atoms with Gasteiger partial charge in [0.1, 0.15) is 0 Å². The van der Waals surface area contributed by atoms with Crippen LogP contribution < -0.4 is 15.5 Å². The van der Waals surface area contributed by atoms with Crippen LogP contribution in [-0.4, -0.2) is 42.3 Å². The Morgan fingerprint density at radius 3 is 2.73 bits per heavy atom. The molecular formula is C22H21ClN4O3. The average molecular weight is 425 g/mol. The average Bonchev–Trinajstić information content (AvgIpc) is 3.34. The Hall–Kier alpha value is -3.32. The van der Waals surface area contributed by atoms with Crippen molar-refractivity contribution in [1.82, 2.24) is 15.6 Å². The van der Waals surface area contributed by atoms with Crippen LogP contribution in [0.5, 0.6) is 0 Å². The van der Waals surface area contributed by atoms with E-state index in [0.717, 1.165) is 10.9 Å². The summed E-state index contributed by atoms with van der Waals surface area (Å²) in [6.07, 6.45) is 1.83. The monoisotopic (exact) mass is 424 g/mol. The minimum absolute atomic E-state index is 0.106. The third-order valence-electron chi connectivity index (χ3n) is 5.16. The van der Waals surface area contributed by atoms with Crippen LogP contribution >= 0.6 is 11.6 Å². The smallest absolute Gasteiger partial charge is 0.253 e. The molecule has 2 heterocycles. The zero-order valence-corrected chi connectivity index (χ0v) is 16.9. The van der Waals surface area contributed by atoms with Gasteiger partial charge in [-0.15, -0.1) is 0 Å². The molecule has 1 fully saturated rings. The number of amides is 3. The molecule has 154 valence electrons. The molecule has 0 spiro atoms. The van der Waals surface area contributed by atoms with E-state index < -0.39 is 5.92 Å². The number of halogens is 1. The lowest BCUT2D eigenvalue weighted by Crippen LogP contribution is -2.38. The highest BCUT2D eigenvalue weighted by atomic mass is 35.5. The number of fused-ring (bicyclic) bond motifs is 1. The highest BCUT2D eigenvalue weighted by Crippen LogP contribution is 2.27. The van der Waals surface area contributed by atoms with E-state index in [1.165, 1.54) is 0 Å². The quantitative estimate of drug-likeness (QED) is 0.531. The number of rotatable bonds is 6. The van der Waals surface area contributed by atoms with Crippen LogP contribution in [0.2, 0.25) is 5.02 Å². The number of hydrogen-bond donors (Lipinski definition) is 3. The zero-order chi connectivity index (χ0) is 21.1. The molecule has 1 atom stereocenters. The number of nitrogens with zero attached hydrogens (tertiary/aromatic N) is 1. The lowest BCUT2D eigenvalue weighted by molar-refractivity contribution is -0.126.